The highest BCUT2D eigenvalue weighted by atomic mass is 16.6. The first-order valence-corrected chi connectivity index (χ1v) is 9.72. The molecular weight excluding hydrogens is 370 g/mol. The van der Waals surface area contributed by atoms with Gasteiger partial charge >= 0.3 is 5.97 Å². The molecule has 0 bridgehead atoms. The Bertz CT molecular complexity index is 978. The summed E-state index contributed by atoms with van der Waals surface area (Å²) in [5.41, 5.74) is 2.02. The number of hydrogen-bond acceptors (Lipinski definition) is 6. The number of fused-ring (bicyclic) bond motifs is 1. The SMILES string of the molecule is COc1ccc(OCCOC(=O)c2cc(C(C)C)nc3c2cnn3C(C)C)cc1. The van der Waals surface area contributed by atoms with Gasteiger partial charge in [0.15, 0.2) is 5.65 Å². The molecule has 0 aliphatic heterocycles. The molecule has 7 heteroatoms. The van der Waals surface area contributed by atoms with Gasteiger partial charge in [0, 0.05) is 11.7 Å². The van der Waals surface area contributed by atoms with Gasteiger partial charge in [-0.2, -0.15) is 5.10 Å². The topological polar surface area (TPSA) is 75.5 Å². The van der Waals surface area contributed by atoms with Crippen molar-refractivity contribution in [2.75, 3.05) is 20.3 Å². The van der Waals surface area contributed by atoms with E-state index in [1.54, 1.807) is 19.4 Å². The van der Waals surface area contributed by atoms with Crippen LogP contribution in [0.3, 0.4) is 0 Å². The maximum Gasteiger partial charge on any atom is 0.339 e. The number of hydrogen-bond donors (Lipinski definition) is 0. The van der Waals surface area contributed by atoms with Crippen molar-refractivity contribution < 1.29 is 19.0 Å². The minimum absolute atomic E-state index is 0.143. The van der Waals surface area contributed by atoms with Crippen LogP contribution in [0.15, 0.2) is 36.5 Å². The number of nitrogens with zero attached hydrogens (tertiary/aromatic N) is 3. The van der Waals surface area contributed by atoms with Crippen molar-refractivity contribution in [2.45, 2.75) is 39.7 Å². The number of rotatable bonds is 8. The third kappa shape index (κ3) is 4.67. The molecule has 0 saturated heterocycles. The third-order valence-corrected chi connectivity index (χ3v) is 4.53. The minimum Gasteiger partial charge on any atom is -0.497 e. The van der Waals surface area contributed by atoms with E-state index in [0.717, 1.165) is 11.4 Å². The lowest BCUT2D eigenvalue weighted by atomic mass is 10.1. The highest BCUT2D eigenvalue weighted by molar-refractivity contribution is 6.02. The van der Waals surface area contributed by atoms with Gasteiger partial charge in [0.1, 0.15) is 24.7 Å². The molecule has 0 saturated carbocycles. The second-order valence-electron chi connectivity index (χ2n) is 7.33. The lowest BCUT2D eigenvalue weighted by molar-refractivity contribution is 0.0452. The van der Waals surface area contributed by atoms with E-state index in [1.807, 2.05) is 56.6 Å². The van der Waals surface area contributed by atoms with E-state index in [1.165, 1.54) is 0 Å². The number of pyridine rings is 1. The lowest BCUT2D eigenvalue weighted by Gasteiger charge is -2.12. The van der Waals surface area contributed by atoms with Crippen molar-refractivity contribution in [3.63, 3.8) is 0 Å². The first-order valence-electron chi connectivity index (χ1n) is 9.72. The summed E-state index contributed by atoms with van der Waals surface area (Å²) < 4.78 is 18.0. The molecule has 0 amide bonds. The predicted molar refractivity (Wildman–Crippen MR) is 111 cm³/mol. The fraction of sp³-hybridized carbons (Fsp3) is 0.409. The van der Waals surface area contributed by atoms with Gasteiger partial charge in [-0.3, -0.25) is 0 Å². The normalized spacial score (nSPS) is 11.3. The van der Waals surface area contributed by atoms with Crippen molar-refractivity contribution in [1.82, 2.24) is 14.8 Å². The van der Waals surface area contributed by atoms with E-state index in [9.17, 15) is 4.79 Å². The molecule has 0 N–H and O–H groups in total. The summed E-state index contributed by atoms with van der Waals surface area (Å²) in [6.45, 7) is 8.55. The molecule has 0 aliphatic carbocycles. The highest BCUT2D eigenvalue weighted by Crippen LogP contribution is 2.25. The van der Waals surface area contributed by atoms with Gasteiger partial charge < -0.3 is 14.2 Å². The summed E-state index contributed by atoms with van der Waals surface area (Å²) in [4.78, 5) is 17.5. The van der Waals surface area contributed by atoms with Gasteiger partial charge in [-0.25, -0.2) is 14.5 Å². The second-order valence-corrected chi connectivity index (χ2v) is 7.33. The molecule has 0 aliphatic rings. The van der Waals surface area contributed by atoms with Crippen LogP contribution in [0.4, 0.5) is 0 Å². The molecule has 1 aromatic carbocycles. The minimum atomic E-state index is -0.402. The molecular formula is C22H27N3O4. The van der Waals surface area contributed by atoms with Crippen LogP contribution in [-0.4, -0.2) is 41.1 Å². The Kier molecular flexibility index (Phi) is 6.36. The maximum absolute atomic E-state index is 12.7. The Morgan fingerprint density at radius 3 is 2.38 bits per heavy atom. The Hall–Kier alpha value is -3.09. The number of esters is 1. The van der Waals surface area contributed by atoms with Gasteiger partial charge in [0.05, 0.1) is 24.3 Å². The number of methoxy groups -OCH3 is 1. The molecule has 3 aromatic rings. The van der Waals surface area contributed by atoms with Crippen molar-refractivity contribution in [3.05, 3.63) is 47.8 Å². The number of aromatic nitrogens is 3. The standard InChI is InChI=1S/C22H27N3O4/c1-14(2)20-12-18(19-13-23-25(15(3)4)21(19)24-20)22(26)29-11-10-28-17-8-6-16(27-5)7-9-17/h6-9,12-15H,10-11H2,1-5H3. The molecule has 154 valence electrons. The van der Waals surface area contributed by atoms with Gasteiger partial charge in [-0.15, -0.1) is 0 Å². The Labute approximate surface area is 170 Å². The molecule has 29 heavy (non-hydrogen) atoms. The van der Waals surface area contributed by atoms with Gasteiger partial charge in [0.2, 0.25) is 0 Å². The average Bonchev–Trinajstić information content (AvgIpc) is 3.15. The largest absolute Gasteiger partial charge is 0.497 e. The molecule has 0 atom stereocenters. The molecule has 0 fully saturated rings. The van der Waals surface area contributed by atoms with Crippen molar-refractivity contribution >= 4 is 17.0 Å². The zero-order chi connectivity index (χ0) is 21.0. The number of benzene rings is 1. The molecule has 3 rings (SSSR count). The summed E-state index contributed by atoms with van der Waals surface area (Å²) in [7, 11) is 1.61. The third-order valence-electron chi connectivity index (χ3n) is 4.53. The molecule has 2 aromatic heterocycles. The van der Waals surface area contributed by atoms with Crippen molar-refractivity contribution in [2.24, 2.45) is 0 Å². The van der Waals surface area contributed by atoms with Crippen molar-refractivity contribution in [1.29, 1.82) is 0 Å². The molecule has 0 unspecified atom stereocenters. The van der Waals surface area contributed by atoms with Gasteiger partial charge in [-0.05, 0) is 50.1 Å². The van der Waals surface area contributed by atoms with Crippen LogP contribution in [0, 0.1) is 0 Å². The van der Waals surface area contributed by atoms with Crippen molar-refractivity contribution in [3.8, 4) is 11.5 Å². The quantitative estimate of drug-likeness (QED) is 0.415. The molecule has 0 spiro atoms. The van der Waals surface area contributed by atoms with Crippen LogP contribution in [0.2, 0.25) is 0 Å². The number of ether oxygens (including phenoxy) is 3. The highest BCUT2D eigenvalue weighted by Gasteiger charge is 2.19. The summed E-state index contributed by atoms with van der Waals surface area (Å²) in [6, 6.07) is 9.18. The van der Waals surface area contributed by atoms with Gasteiger partial charge in [0.25, 0.3) is 0 Å². The number of carbonyl (C=O) groups is 1. The Morgan fingerprint density at radius 1 is 1.07 bits per heavy atom. The summed E-state index contributed by atoms with van der Waals surface area (Å²) in [5.74, 6) is 1.22. The zero-order valence-electron chi connectivity index (χ0n) is 17.5. The fourth-order valence-corrected chi connectivity index (χ4v) is 2.92. The lowest BCUT2D eigenvalue weighted by Crippen LogP contribution is -2.14. The van der Waals surface area contributed by atoms with Gasteiger partial charge in [-0.1, -0.05) is 13.8 Å². The molecule has 2 heterocycles. The van der Waals surface area contributed by atoms with Crippen LogP contribution in [-0.2, 0) is 4.74 Å². The van der Waals surface area contributed by atoms with E-state index in [0.29, 0.717) is 22.3 Å². The Morgan fingerprint density at radius 2 is 1.76 bits per heavy atom. The maximum atomic E-state index is 12.7. The van der Waals surface area contributed by atoms with E-state index < -0.39 is 5.97 Å². The number of carbonyl (C=O) groups excluding carboxylic acids is 1. The van der Waals surface area contributed by atoms with Crippen LogP contribution in [0.25, 0.3) is 11.0 Å². The van der Waals surface area contributed by atoms with E-state index >= 15 is 0 Å². The molecule has 0 radical (unpaired) electrons. The second kappa shape index (κ2) is 8.94. The monoisotopic (exact) mass is 397 g/mol. The fourth-order valence-electron chi connectivity index (χ4n) is 2.92. The first-order chi connectivity index (χ1) is 13.9. The first kappa shape index (κ1) is 20.6. The van der Waals surface area contributed by atoms with Crippen LogP contribution < -0.4 is 9.47 Å². The van der Waals surface area contributed by atoms with Crippen LogP contribution in [0.1, 0.15) is 55.7 Å². The zero-order valence-corrected chi connectivity index (χ0v) is 17.5. The predicted octanol–water partition coefficient (Wildman–Crippen LogP) is 4.38. The Balaban J connectivity index is 1.70. The van der Waals surface area contributed by atoms with E-state index in [4.69, 9.17) is 19.2 Å². The smallest absolute Gasteiger partial charge is 0.339 e. The summed E-state index contributed by atoms with van der Waals surface area (Å²) in [5, 5.41) is 5.10. The van der Waals surface area contributed by atoms with Crippen LogP contribution >= 0.6 is 0 Å². The van der Waals surface area contributed by atoms with E-state index in [-0.39, 0.29) is 25.2 Å². The van der Waals surface area contributed by atoms with Crippen LogP contribution in [0.5, 0.6) is 11.5 Å². The summed E-state index contributed by atoms with van der Waals surface area (Å²) >= 11 is 0. The average molecular weight is 397 g/mol. The molecule has 7 nitrogen and oxygen atoms in total. The summed E-state index contributed by atoms with van der Waals surface area (Å²) in [6.07, 6.45) is 1.68. The van der Waals surface area contributed by atoms with E-state index in [2.05, 4.69) is 5.10 Å².